The van der Waals surface area contributed by atoms with Crippen LogP contribution in [0.25, 0.3) is 0 Å². The van der Waals surface area contributed by atoms with Crippen molar-refractivity contribution < 1.29 is 18.9 Å². The fourth-order valence-corrected chi connectivity index (χ4v) is 5.40. The molecule has 3 aliphatic rings. The number of ether oxygens (including phenoxy) is 4. The summed E-state index contributed by atoms with van der Waals surface area (Å²) in [5.74, 6) is 1.60. The molecule has 1 aromatic rings. The van der Waals surface area contributed by atoms with Crippen molar-refractivity contribution in [2.45, 2.75) is 56.4 Å². The minimum absolute atomic E-state index is 0.00367. The fraction of sp³-hybridized carbons (Fsp3) is 0.700. The Bertz CT molecular complexity index is 649. The zero-order valence-corrected chi connectivity index (χ0v) is 15.7. The number of rotatable bonds is 5. The summed E-state index contributed by atoms with van der Waals surface area (Å²) in [5, 5.41) is 0. The smallest absolute Gasteiger partial charge is 0.161 e. The van der Waals surface area contributed by atoms with E-state index in [0.29, 0.717) is 18.8 Å². The predicted molar refractivity (Wildman–Crippen MR) is 95.4 cm³/mol. The molecule has 0 spiro atoms. The molecule has 1 aromatic carbocycles. The first-order chi connectivity index (χ1) is 12.2. The van der Waals surface area contributed by atoms with Gasteiger partial charge in [-0.15, -0.1) is 0 Å². The molecule has 1 saturated heterocycles. The summed E-state index contributed by atoms with van der Waals surface area (Å²) < 4.78 is 23.1. The van der Waals surface area contributed by atoms with Crippen molar-refractivity contribution in [1.82, 2.24) is 4.90 Å². The maximum absolute atomic E-state index is 6.22. The SMILES string of the molecule is CCO[C@H]1c2cc(OC)c(OC)cc2[C@@]23CC[C@H](OC)C[C@@H]2N1CC3. The third kappa shape index (κ3) is 2.40. The normalized spacial score (nSPS) is 35.8. The summed E-state index contributed by atoms with van der Waals surface area (Å²) in [6.45, 7) is 3.84. The van der Waals surface area contributed by atoms with Crippen molar-refractivity contribution in [3.63, 3.8) is 0 Å². The van der Waals surface area contributed by atoms with E-state index in [0.717, 1.165) is 37.3 Å². The van der Waals surface area contributed by atoms with Gasteiger partial charge in [-0.05, 0) is 50.3 Å². The molecule has 0 aromatic heterocycles. The van der Waals surface area contributed by atoms with Crippen molar-refractivity contribution in [2.24, 2.45) is 0 Å². The number of hydrogen-bond acceptors (Lipinski definition) is 5. The van der Waals surface area contributed by atoms with Gasteiger partial charge < -0.3 is 18.9 Å². The lowest BCUT2D eigenvalue weighted by atomic mass is 9.62. The lowest BCUT2D eigenvalue weighted by Gasteiger charge is -2.51. The Morgan fingerprint density at radius 3 is 2.56 bits per heavy atom. The molecule has 2 aliphatic heterocycles. The van der Waals surface area contributed by atoms with Gasteiger partial charge >= 0.3 is 0 Å². The Labute approximate surface area is 150 Å². The second-order valence-corrected chi connectivity index (χ2v) is 7.39. The van der Waals surface area contributed by atoms with Crippen LogP contribution in [0, 0.1) is 0 Å². The van der Waals surface area contributed by atoms with Crippen molar-refractivity contribution in [1.29, 1.82) is 0 Å². The average molecular weight is 347 g/mol. The van der Waals surface area contributed by atoms with E-state index < -0.39 is 0 Å². The molecule has 0 amide bonds. The molecule has 5 atom stereocenters. The number of methoxy groups -OCH3 is 3. The van der Waals surface area contributed by atoms with E-state index in [1.54, 1.807) is 14.2 Å². The lowest BCUT2D eigenvalue weighted by molar-refractivity contribution is -0.0983. The van der Waals surface area contributed by atoms with Gasteiger partial charge in [0.25, 0.3) is 0 Å². The number of nitrogens with zero attached hydrogens (tertiary/aromatic N) is 1. The Balaban J connectivity index is 1.86. The molecule has 5 heteroatoms. The number of fused-ring (bicyclic) bond motifs is 1. The Morgan fingerprint density at radius 2 is 1.88 bits per heavy atom. The molecule has 138 valence electrons. The zero-order valence-electron chi connectivity index (χ0n) is 15.7. The third-order valence-electron chi connectivity index (χ3n) is 6.57. The third-order valence-corrected chi connectivity index (χ3v) is 6.57. The summed E-state index contributed by atoms with van der Waals surface area (Å²) in [7, 11) is 5.25. The van der Waals surface area contributed by atoms with Crippen LogP contribution in [0.4, 0.5) is 0 Å². The van der Waals surface area contributed by atoms with E-state index >= 15 is 0 Å². The summed E-state index contributed by atoms with van der Waals surface area (Å²) >= 11 is 0. The van der Waals surface area contributed by atoms with E-state index in [1.165, 1.54) is 17.5 Å². The summed E-state index contributed by atoms with van der Waals surface area (Å²) in [6.07, 6.45) is 4.88. The van der Waals surface area contributed by atoms with Gasteiger partial charge in [0.1, 0.15) is 6.23 Å². The van der Waals surface area contributed by atoms with Gasteiger partial charge in [0, 0.05) is 37.3 Å². The van der Waals surface area contributed by atoms with Gasteiger partial charge in [-0.1, -0.05) is 0 Å². The molecule has 1 unspecified atom stereocenters. The largest absolute Gasteiger partial charge is 0.493 e. The van der Waals surface area contributed by atoms with E-state index in [2.05, 4.69) is 24.0 Å². The molecule has 2 heterocycles. The topological polar surface area (TPSA) is 40.2 Å². The van der Waals surface area contributed by atoms with Crippen LogP contribution < -0.4 is 9.47 Å². The zero-order chi connectivity index (χ0) is 17.6. The minimum Gasteiger partial charge on any atom is -0.493 e. The molecule has 2 fully saturated rings. The number of hydrogen-bond donors (Lipinski definition) is 0. The van der Waals surface area contributed by atoms with Crippen LogP contribution >= 0.6 is 0 Å². The molecule has 0 radical (unpaired) electrons. The van der Waals surface area contributed by atoms with Crippen LogP contribution in [0.1, 0.15) is 50.0 Å². The molecular weight excluding hydrogens is 318 g/mol. The number of benzene rings is 1. The van der Waals surface area contributed by atoms with Gasteiger partial charge in [0.2, 0.25) is 0 Å². The monoisotopic (exact) mass is 347 g/mol. The van der Waals surface area contributed by atoms with E-state index in [4.69, 9.17) is 18.9 Å². The van der Waals surface area contributed by atoms with Gasteiger partial charge in [0.05, 0.1) is 20.3 Å². The predicted octanol–water partition coefficient (Wildman–Crippen LogP) is 3.26. The fourth-order valence-electron chi connectivity index (χ4n) is 5.40. The van der Waals surface area contributed by atoms with Crippen LogP contribution in [0.5, 0.6) is 11.5 Å². The first-order valence-corrected chi connectivity index (χ1v) is 9.35. The van der Waals surface area contributed by atoms with Crippen molar-refractivity contribution >= 4 is 0 Å². The molecule has 5 nitrogen and oxygen atoms in total. The highest BCUT2D eigenvalue weighted by Crippen LogP contribution is 2.58. The van der Waals surface area contributed by atoms with E-state index in [-0.39, 0.29) is 11.6 Å². The molecular formula is C20H29NO4. The second kappa shape index (κ2) is 6.45. The quantitative estimate of drug-likeness (QED) is 0.818. The van der Waals surface area contributed by atoms with Crippen molar-refractivity contribution in [3.8, 4) is 11.5 Å². The lowest BCUT2D eigenvalue weighted by Crippen LogP contribution is -2.53. The Morgan fingerprint density at radius 1 is 1.12 bits per heavy atom. The van der Waals surface area contributed by atoms with Crippen molar-refractivity contribution in [3.05, 3.63) is 23.3 Å². The van der Waals surface area contributed by atoms with Crippen LogP contribution in [0.3, 0.4) is 0 Å². The van der Waals surface area contributed by atoms with Gasteiger partial charge in [-0.3, -0.25) is 4.90 Å². The minimum atomic E-state index is -0.00367. The van der Waals surface area contributed by atoms with Crippen LogP contribution in [0.15, 0.2) is 12.1 Å². The first-order valence-electron chi connectivity index (χ1n) is 9.35. The molecule has 2 bridgehead atoms. The highest BCUT2D eigenvalue weighted by Gasteiger charge is 2.58. The van der Waals surface area contributed by atoms with Crippen LogP contribution in [0.2, 0.25) is 0 Å². The van der Waals surface area contributed by atoms with E-state index in [9.17, 15) is 0 Å². The summed E-state index contributed by atoms with van der Waals surface area (Å²) in [5.41, 5.74) is 2.85. The Kier molecular flexibility index (Phi) is 4.42. The Hall–Kier alpha value is -1.30. The van der Waals surface area contributed by atoms with Gasteiger partial charge in [-0.25, -0.2) is 0 Å². The first kappa shape index (κ1) is 17.1. The standard InChI is InChI=1S/C20H29NO4/c1-5-25-19-14-11-16(23-3)17(24-4)12-15(14)20-7-6-13(22-2)10-18(20)21(19)9-8-20/h11-13,18-19H,5-10H2,1-4H3/t13-,18-,19-,20-/m0/s1. The maximum Gasteiger partial charge on any atom is 0.161 e. The highest BCUT2D eigenvalue weighted by molar-refractivity contribution is 5.54. The second-order valence-electron chi connectivity index (χ2n) is 7.39. The summed E-state index contributed by atoms with van der Waals surface area (Å²) in [6, 6.07) is 4.82. The molecule has 4 rings (SSSR count). The average Bonchev–Trinajstić information content (AvgIpc) is 2.98. The molecule has 1 aliphatic carbocycles. The van der Waals surface area contributed by atoms with Gasteiger partial charge in [0.15, 0.2) is 11.5 Å². The van der Waals surface area contributed by atoms with E-state index in [1.807, 2.05) is 7.11 Å². The van der Waals surface area contributed by atoms with Gasteiger partial charge in [-0.2, -0.15) is 0 Å². The van der Waals surface area contributed by atoms with Crippen LogP contribution in [-0.4, -0.2) is 51.5 Å². The highest BCUT2D eigenvalue weighted by atomic mass is 16.5. The van der Waals surface area contributed by atoms with Crippen molar-refractivity contribution in [2.75, 3.05) is 34.5 Å². The molecule has 0 N–H and O–H groups in total. The summed E-state index contributed by atoms with van der Waals surface area (Å²) in [4.78, 5) is 2.56. The maximum atomic E-state index is 6.22. The molecule has 25 heavy (non-hydrogen) atoms. The van der Waals surface area contributed by atoms with Crippen LogP contribution in [-0.2, 0) is 14.9 Å². The molecule has 1 saturated carbocycles.